The fraction of sp³-hybridized carbons (Fsp3) is 0.636. The first kappa shape index (κ1) is 12.9. The smallest absolute Gasteiger partial charge is 0.386 e. The van der Waals surface area contributed by atoms with E-state index in [0.29, 0.717) is 17.8 Å². The molecule has 0 amide bonds. The van der Waals surface area contributed by atoms with Crippen LogP contribution in [0.15, 0.2) is 12.4 Å². The van der Waals surface area contributed by atoms with Gasteiger partial charge in [0, 0.05) is 6.04 Å². The Morgan fingerprint density at radius 2 is 2.17 bits per heavy atom. The second kappa shape index (κ2) is 4.99. The SMILES string of the molecule is CCCC1CC1Nc1cnc(OC(F)(F)F)cn1. The lowest BCUT2D eigenvalue weighted by Gasteiger charge is -2.08. The summed E-state index contributed by atoms with van der Waals surface area (Å²) in [6.45, 7) is 2.12. The molecule has 1 fully saturated rings. The van der Waals surface area contributed by atoms with Crippen molar-refractivity contribution in [2.45, 2.75) is 38.6 Å². The zero-order chi connectivity index (χ0) is 13.2. The van der Waals surface area contributed by atoms with Crippen molar-refractivity contribution in [1.82, 2.24) is 9.97 Å². The lowest BCUT2D eigenvalue weighted by atomic mass is 10.2. The van der Waals surface area contributed by atoms with Gasteiger partial charge in [0.25, 0.3) is 0 Å². The molecule has 0 spiro atoms. The zero-order valence-corrected chi connectivity index (χ0v) is 9.87. The van der Waals surface area contributed by atoms with Crippen LogP contribution in [0.3, 0.4) is 0 Å². The Bertz CT molecular complexity index is 394. The van der Waals surface area contributed by atoms with E-state index >= 15 is 0 Å². The number of ether oxygens (including phenoxy) is 1. The molecule has 100 valence electrons. The average molecular weight is 261 g/mol. The Morgan fingerprint density at radius 3 is 2.72 bits per heavy atom. The van der Waals surface area contributed by atoms with Crippen molar-refractivity contribution in [3.8, 4) is 5.88 Å². The molecule has 2 unspecified atom stereocenters. The highest BCUT2D eigenvalue weighted by Gasteiger charge is 2.36. The van der Waals surface area contributed by atoms with E-state index in [1.807, 2.05) is 0 Å². The molecule has 1 heterocycles. The van der Waals surface area contributed by atoms with Crippen molar-refractivity contribution in [3.05, 3.63) is 12.4 Å². The third-order valence-corrected chi connectivity index (χ3v) is 2.76. The molecule has 2 rings (SSSR count). The van der Waals surface area contributed by atoms with E-state index in [2.05, 4.69) is 26.9 Å². The summed E-state index contributed by atoms with van der Waals surface area (Å²) in [6.07, 6.45) is 0.853. The number of nitrogens with one attached hydrogen (secondary N) is 1. The molecule has 1 N–H and O–H groups in total. The van der Waals surface area contributed by atoms with Gasteiger partial charge < -0.3 is 10.1 Å². The van der Waals surface area contributed by atoms with Crippen LogP contribution in [-0.4, -0.2) is 22.4 Å². The minimum Gasteiger partial charge on any atom is -0.386 e. The van der Waals surface area contributed by atoms with E-state index in [-0.39, 0.29) is 0 Å². The number of hydrogen-bond acceptors (Lipinski definition) is 4. The first-order valence-electron chi connectivity index (χ1n) is 5.82. The van der Waals surface area contributed by atoms with Crippen molar-refractivity contribution >= 4 is 5.82 Å². The van der Waals surface area contributed by atoms with Crippen LogP contribution in [0.25, 0.3) is 0 Å². The summed E-state index contributed by atoms with van der Waals surface area (Å²) in [5, 5.41) is 3.13. The lowest BCUT2D eigenvalue weighted by molar-refractivity contribution is -0.276. The summed E-state index contributed by atoms with van der Waals surface area (Å²) in [7, 11) is 0. The van der Waals surface area contributed by atoms with Crippen LogP contribution in [0.5, 0.6) is 5.88 Å². The van der Waals surface area contributed by atoms with Crippen LogP contribution in [0, 0.1) is 5.92 Å². The molecule has 1 aliphatic carbocycles. The third-order valence-electron chi connectivity index (χ3n) is 2.76. The van der Waals surface area contributed by atoms with Crippen LogP contribution < -0.4 is 10.1 Å². The lowest BCUT2D eigenvalue weighted by Crippen LogP contribution is -2.18. The minimum atomic E-state index is -4.73. The molecule has 0 radical (unpaired) electrons. The van der Waals surface area contributed by atoms with E-state index in [1.165, 1.54) is 6.20 Å². The Kier molecular flexibility index (Phi) is 3.58. The summed E-state index contributed by atoms with van der Waals surface area (Å²) < 4.78 is 39.3. The molecule has 0 aliphatic heterocycles. The molecule has 1 aromatic rings. The minimum absolute atomic E-state index is 0.369. The van der Waals surface area contributed by atoms with Gasteiger partial charge >= 0.3 is 6.36 Å². The van der Waals surface area contributed by atoms with Crippen molar-refractivity contribution in [2.75, 3.05) is 5.32 Å². The zero-order valence-electron chi connectivity index (χ0n) is 9.87. The van der Waals surface area contributed by atoms with Gasteiger partial charge in [-0.25, -0.2) is 9.97 Å². The predicted molar refractivity (Wildman–Crippen MR) is 59.1 cm³/mol. The van der Waals surface area contributed by atoms with Gasteiger partial charge in [0.15, 0.2) is 0 Å². The predicted octanol–water partition coefficient (Wildman–Crippen LogP) is 2.98. The monoisotopic (exact) mass is 261 g/mol. The van der Waals surface area contributed by atoms with Gasteiger partial charge in [-0.05, 0) is 18.8 Å². The maximum absolute atomic E-state index is 11.9. The van der Waals surface area contributed by atoms with Gasteiger partial charge in [-0.3, -0.25) is 0 Å². The standard InChI is InChI=1S/C11H14F3N3O/c1-2-3-7-4-8(7)17-9-5-16-10(6-15-9)18-11(12,13)14/h5-8H,2-4H2,1H3,(H,15,17). The van der Waals surface area contributed by atoms with E-state index in [1.54, 1.807) is 0 Å². The summed E-state index contributed by atoms with van der Waals surface area (Å²) in [4.78, 5) is 7.39. The number of hydrogen-bond donors (Lipinski definition) is 1. The maximum atomic E-state index is 11.9. The van der Waals surface area contributed by atoms with Crippen molar-refractivity contribution in [1.29, 1.82) is 0 Å². The summed E-state index contributed by atoms with van der Waals surface area (Å²) in [5.41, 5.74) is 0. The Hall–Kier alpha value is -1.53. The van der Waals surface area contributed by atoms with Crippen LogP contribution in [-0.2, 0) is 0 Å². The van der Waals surface area contributed by atoms with Crippen molar-refractivity contribution in [3.63, 3.8) is 0 Å². The molecular weight excluding hydrogens is 247 g/mol. The average Bonchev–Trinajstić information content (AvgIpc) is 2.98. The number of anilines is 1. The Labute approximate surface area is 103 Å². The maximum Gasteiger partial charge on any atom is 0.574 e. The topological polar surface area (TPSA) is 47.0 Å². The summed E-state index contributed by atoms with van der Waals surface area (Å²) >= 11 is 0. The highest BCUT2D eigenvalue weighted by atomic mass is 19.4. The second-order valence-corrected chi connectivity index (χ2v) is 4.32. The molecular formula is C11H14F3N3O. The first-order valence-corrected chi connectivity index (χ1v) is 5.82. The van der Waals surface area contributed by atoms with E-state index in [4.69, 9.17) is 0 Å². The normalized spacial score (nSPS) is 22.7. The van der Waals surface area contributed by atoms with Gasteiger partial charge in [-0.1, -0.05) is 13.3 Å². The Morgan fingerprint density at radius 1 is 1.39 bits per heavy atom. The summed E-state index contributed by atoms with van der Waals surface area (Å²) in [5.74, 6) is 0.574. The van der Waals surface area contributed by atoms with Crippen molar-refractivity contribution in [2.24, 2.45) is 5.92 Å². The molecule has 0 aromatic carbocycles. The fourth-order valence-corrected chi connectivity index (χ4v) is 1.87. The molecule has 7 heteroatoms. The van der Waals surface area contributed by atoms with Crippen LogP contribution >= 0.6 is 0 Å². The van der Waals surface area contributed by atoms with Crippen molar-refractivity contribution < 1.29 is 17.9 Å². The first-order chi connectivity index (χ1) is 8.48. The molecule has 18 heavy (non-hydrogen) atoms. The molecule has 0 saturated heterocycles. The van der Waals surface area contributed by atoms with E-state index in [0.717, 1.165) is 25.5 Å². The van der Waals surface area contributed by atoms with Gasteiger partial charge in [0.05, 0.1) is 12.4 Å². The number of aromatic nitrogens is 2. The van der Waals surface area contributed by atoms with Crippen LogP contribution in [0.1, 0.15) is 26.2 Å². The quantitative estimate of drug-likeness (QED) is 0.885. The van der Waals surface area contributed by atoms with E-state index in [9.17, 15) is 13.2 Å². The van der Waals surface area contributed by atoms with E-state index < -0.39 is 12.2 Å². The molecule has 4 nitrogen and oxygen atoms in total. The molecule has 1 saturated carbocycles. The molecule has 1 aliphatic rings. The third kappa shape index (κ3) is 3.75. The molecule has 0 bridgehead atoms. The van der Waals surface area contributed by atoms with Crippen LogP contribution in [0.4, 0.5) is 19.0 Å². The molecule has 2 atom stereocenters. The number of nitrogens with zero attached hydrogens (tertiary/aromatic N) is 2. The highest BCUT2D eigenvalue weighted by molar-refractivity contribution is 5.35. The van der Waals surface area contributed by atoms with Gasteiger partial charge in [-0.15, -0.1) is 13.2 Å². The van der Waals surface area contributed by atoms with Crippen LogP contribution in [0.2, 0.25) is 0 Å². The largest absolute Gasteiger partial charge is 0.574 e. The number of alkyl halides is 3. The highest BCUT2D eigenvalue weighted by Crippen LogP contribution is 2.36. The number of halogens is 3. The Balaban J connectivity index is 1.85. The number of rotatable bonds is 5. The van der Waals surface area contributed by atoms with Gasteiger partial charge in [-0.2, -0.15) is 0 Å². The summed E-state index contributed by atoms with van der Waals surface area (Å²) in [6, 6.07) is 0.369. The second-order valence-electron chi connectivity index (χ2n) is 4.32. The molecule has 1 aromatic heterocycles. The van der Waals surface area contributed by atoms with Gasteiger partial charge in [0.1, 0.15) is 5.82 Å². The fourth-order valence-electron chi connectivity index (χ4n) is 1.87. The van der Waals surface area contributed by atoms with Gasteiger partial charge in [0.2, 0.25) is 5.88 Å².